The normalized spacial score (nSPS) is 13.5. The number of carboxylic acid groups (broad SMARTS) is 1. The highest BCUT2D eigenvalue weighted by molar-refractivity contribution is 7.58. The van der Waals surface area contributed by atoms with Crippen LogP contribution >= 0.6 is 18.7 Å². The molecule has 1 amide bonds. The lowest BCUT2D eigenvalue weighted by molar-refractivity contribution is -0.107. The van der Waals surface area contributed by atoms with E-state index in [1.807, 2.05) is 20.8 Å². The van der Waals surface area contributed by atoms with E-state index in [1.165, 1.54) is 11.6 Å². The summed E-state index contributed by atoms with van der Waals surface area (Å²) in [5, 5.41) is 9.40. The molecule has 1 aromatic rings. The highest BCUT2D eigenvalue weighted by atomic mass is 32.1. The SMILES string of the molecule is CCOP(C)(=O)CCN(C=O)c1cc(C#CC(C)(C)C)sc1C(=O)O. The number of amides is 1. The van der Waals surface area contributed by atoms with Crippen molar-refractivity contribution in [3.8, 4) is 11.8 Å². The molecule has 6 nitrogen and oxygen atoms in total. The van der Waals surface area contributed by atoms with Crippen LogP contribution in [0.3, 0.4) is 0 Å². The number of hydrogen-bond acceptors (Lipinski definition) is 5. The third-order valence-corrected chi connectivity index (χ3v) is 5.90. The first-order valence-electron chi connectivity index (χ1n) is 7.82. The third-order valence-electron chi connectivity index (χ3n) is 3.05. The highest BCUT2D eigenvalue weighted by Crippen LogP contribution is 2.42. The molecule has 0 fully saturated rings. The van der Waals surface area contributed by atoms with Gasteiger partial charge < -0.3 is 14.5 Å². The zero-order chi connectivity index (χ0) is 19.3. The predicted molar refractivity (Wildman–Crippen MR) is 101 cm³/mol. The van der Waals surface area contributed by atoms with E-state index in [9.17, 15) is 19.3 Å². The first-order chi connectivity index (χ1) is 11.5. The van der Waals surface area contributed by atoms with Gasteiger partial charge in [0.25, 0.3) is 0 Å². The fourth-order valence-electron chi connectivity index (χ4n) is 1.92. The average Bonchev–Trinajstić information content (AvgIpc) is 2.89. The van der Waals surface area contributed by atoms with Crippen molar-refractivity contribution in [1.29, 1.82) is 0 Å². The smallest absolute Gasteiger partial charge is 0.348 e. The van der Waals surface area contributed by atoms with Crippen molar-refractivity contribution in [3.05, 3.63) is 15.8 Å². The van der Waals surface area contributed by atoms with E-state index in [1.54, 1.807) is 13.0 Å². The lowest BCUT2D eigenvalue weighted by Gasteiger charge is -2.19. The molecule has 0 aromatic carbocycles. The summed E-state index contributed by atoms with van der Waals surface area (Å²) in [6.45, 7) is 9.55. The van der Waals surface area contributed by atoms with Crippen LogP contribution in [0, 0.1) is 17.3 Å². The van der Waals surface area contributed by atoms with Crippen molar-refractivity contribution in [2.45, 2.75) is 27.7 Å². The molecule has 1 atom stereocenters. The van der Waals surface area contributed by atoms with Crippen LogP contribution in [0.25, 0.3) is 0 Å². The van der Waals surface area contributed by atoms with Gasteiger partial charge in [-0.3, -0.25) is 9.36 Å². The van der Waals surface area contributed by atoms with Gasteiger partial charge in [-0.2, -0.15) is 0 Å². The topological polar surface area (TPSA) is 83.9 Å². The summed E-state index contributed by atoms with van der Waals surface area (Å²) in [5.41, 5.74) is 0.0479. The van der Waals surface area contributed by atoms with Gasteiger partial charge in [-0.1, -0.05) is 11.8 Å². The van der Waals surface area contributed by atoms with Gasteiger partial charge in [0, 0.05) is 24.8 Å². The largest absolute Gasteiger partial charge is 0.477 e. The predicted octanol–water partition coefficient (Wildman–Crippen LogP) is 3.75. The molecule has 0 saturated carbocycles. The molecule has 1 heterocycles. The summed E-state index contributed by atoms with van der Waals surface area (Å²) in [5.74, 6) is 4.87. The number of rotatable bonds is 8. The number of carbonyl (C=O) groups excluding carboxylic acids is 1. The van der Waals surface area contributed by atoms with Gasteiger partial charge >= 0.3 is 5.97 Å². The van der Waals surface area contributed by atoms with Crippen molar-refractivity contribution in [2.75, 3.05) is 30.9 Å². The van der Waals surface area contributed by atoms with Crippen molar-refractivity contribution >= 4 is 36.8 Å². The van der Waals surface area contributed by atoms with E-state index in [0.717, 1.165) is 11.3 Å². The first kappa shape index (κ1) is 21.4. The number of thiophene rings is 1. The van der Waals surface area contributed by atoms with E-state index in [0.29, 0.717) is 17.9 Å². The molecule has 0 bridgehead atoms. The Morgan fingerprint density at radius 1 is 1.48 bits per heavy atom. The fraction of sp³-hybridized carbons (Fsp3) is 0.529. The Bertz CT molecular complexity index is 738. The Hall–Kier alpha value is -1.61. The summed E-state index contributed by atoms with van der Waals surface area (Å²) in [7, 11) is -2.82. The van der Waals surface area contributed by atoms with Crippen molar-refractivity contribution in [3.63, 3.8) is 0 Å². The molecule has 0 aliphatic rings. The summed E-state index contributed by atoms with van der Waals surface area (Å²) in [4.78, 5) is 24.8. The molecular formula is C17H24NO5PS. The molecule has 138 valence electrons. The molecule has 8 heteroatoms. The Morgan fingerprint density at radius 3 is 2.60 bits per heavy atom. The molecule has 0 spiro atoms. The number of carbonyl (C=O) groups is 2. The van der Waals surface area contributed by atoms with Gasteiger partial charge in [0.05, 0.1) is 17.2 Å². The minimum absolute atomic E-state index is 0.0349. The van der Waals surface area contributed by atoms with Crippen LogP contribution in [0.2, 0.25) is 0 Å². The van der Waals surface area contributed by atoms with Crippen LogP contribution < -0.4 is 4.90 Å². The van der Waals surface area contributed by atoms with Crippen LogP contribution in [0.5, 0.6) is 0 Å². The van der Waals surface area contributed by atoms with Crippen molar-refractivity contribution < 1.29 is 23.8 Å². The summed E-state index contributed by atoms with van der Waals surface area (Å²) < 4.78 is 17.4. The zero-order valence-corrected chi connectivity index (χ0v) is 16.9. The van der Waals surface area contributed by atoms with Crippen LogP contribution in [0.1, 0.15) is 42.2 Å². The van der Waals surface area contributed by atoms with Crippen LogP contribution in [-0.4, -0.2) is 43.5 Å². The molecule has 1 N–H and O–H groups in total. The van der Waals surface area contributed by atoms with Crippen molar-refractivity contribution in [1.82, 2.24) is 0 Å². The van der Waals surface area contributed by atoms with Crippen LogP contribution in [-0.2, 0) is 13.9 Å². The van der Waals surface area contributed by atoms with Gasteiger partial charge in [0.1, 0.15) is 4.88 Å². The Kier molecular flexibility index (Phi) is 7.43. The van der Waals surface area contributed by atoms with E-state index >= 15 is 0 Å². The molecule has 1 unspecified atom stereocenters. The summed E-state index contributed by atoms with van der Waals surface area (Å²) in [6.07, 6.45) is 0.693. The number of aromatic carboxylic acids is 1. The summed E-state index contributed by atoms with van der Waals surface area (Å²) >= 11 is 1.02. The van der Waals surface area contributed by atoms with Gasteiger partial charge in [-0.25, -0.2) is 4.79 Å². The van der Waals surface area contributed by atoms with E-state index in [-0.39, 0.29) is 28.7 Å². The molecule has 0 saturated heterocycles. The quantitative estimate of drug-likeness (QED) is 0.419. The monoisotopic (exact) mass is 385 g/mol. The molecule has 1 rings (SSSR count). The minimum atomic E-state index is -2.82. The minimum Gasteiger partial charge on any atom is -0.477 e. The number of carboxylic acids is 1. The van der Waals surface area contributed by atoms with Crippen molar-refractivity contribution in [2.24, 2.45) is 5.41 Å². The molecule has 0 aliphatic heterocycles. The van der Waals surface area contributed by atoms with Crippen LogP contribution in [0.15, 0.2) is 6.07 Å². The Balaban J connectivity index is 3.12. The Morgan fingerprint density at radius 2 is 2.12 bits per heavy atom. The second-order valence-electron chi connectivity index (χ2n) is 6.58. The van der Waals surface area contributed by atoms with Gasteiger partial charge in [0.2, 0.25) is 13.8 Å². The molecule has 0 aliphatic carbocycles. The first-order valence-corrected chi connectivity index (χ1v) is 10.9. The number of hydrogen-bond donors (Lipinski definition) is 1. The molecule has 1 aromatic heterocycles. The third kappa shape index (κ3) is 7.03. The lowest BCUT2D eigenvalue weighted by atomic mass is 9.98. The zero-order valence-electron chi connectivity index (χ0n) is 15.2. The maximum Gasteiger partial charge on any atom is 0.348 e. The maximum absolute atomic E-state index is 12.2. The number of anilines is 1. The van der Waals surface area contributed by atoms with Gasteiger partial charge in [0.15, 0.2) is 0 Å². The standard InChI is InChI=1S/C17H24NO5PS/c1-6-23-24(5,22)10-9-18(12-19)14-11-13(7-8-17(2,3)4)25-15(14)16(20)21/h11-12H,6,9-10H2,1-5H3,(H,20,21). The Labute approximate surface area is 152 Å². The van der Waals surface area contributed by atoms with Gasteiger partial charge in [-0.05, 0) is 33.8 Å². The second kappa shape index (κ2) is 8.66. The highest BCUT2D eigenvalue weighted by Gasteiger charge is 2.23. The number of nitrogens with zero attached hydrogens (tertiary/aromatic N) is 1. The van der Waals surface area contributed by atoms with E-state index in [4.69, 9.17) is 4.52 Å². The van der Waals surface area contributed by atoms with E-state index < -0.39 is 13.3 Å². The average molecular weight is 385 g/mol. The van der Waals surface area contributed by atoms with Crippen LogP contribution in [0.4, 0.5) is 5.69 Å². The maximum atomic E-state index is 12.2. The summed E-state index contributed by atoms with van der Waals surface area (Å²) in [6, 6.07) is 1.59. The van der Waals surface area contributed by atoms with E-state index in [2.05, 4.69) is 11.8 Å². The van der Waals surface area contributed by atoms with Gasteiger partial charge in [-0.15, -0.1) is 11.3 Å². The molecule has 0 radical (unpaired) electrons. The second-order valence-corrected chi connectivity index (χ2v) is 10.4. The fourth-order valence-corrected chi connectivity index (χ4v) is 4.03. The molecular weight excluding hydrogens is 361 g/mol. The lowest BCUT2D eigenvalue weighted by Crippen LogP contribution is -2.26. The molecule has 25 heavy (non-hydrogen) atoms.